The van der Waals surface area contributed by atoms with Crippen LogP contribution in [-0.2, 0) is 22.4 Å². The monoisotopic (exact) mass is 287 g/mol. The first kappa shape index (κ1) is 14.8. The number of hydrogen-bond acceptors (Lipinski definition) is 3. The highest BCUT2D eigenvalue weighted by Crippen LogP contribution is 2.05. The third kappa shape index (κ3) is 4.76. The van der Waals surface area contributed by atoms with Crippen LogP contribution in [0.1, 0.15) is 17.5 Å². The molecule has 2 aromatic rings. The Balaban J connectivity index is 1.87. The Bertz CT molecular complexity index is 581. The second-order valence-corrected chi connectivity index (χ2v) is 4.75. The average molecular weight is 287 g/mol. The number of carbonyl (C=O) groups excluding carboxylic acids is 1. The van der Waals surface area contributed by atoms with Crippen molar-refractivity contribution >= 4 is 11.9 Å². The topological polar surface area (TPSA) is 95.1 Å². The first-order valence-corrected chi connectivity index (χ1v) is 6.69. The molecule has 0 radical (unpaired) electrons. The van der Waals surface area contributed by atoms with Crippen LogP contribution >= 0.6 is 0 Å². The van der Waals surface area contributed by atoms with Gasteiger partial charge in [0.1, 0.15) is 6.04 Å². The van der Waals surface area contributed by atoms with Crippen molar-refractivity contribution in [2.24, 2.45) is 0 Å². The van der Waals surface area contributed by atoms with Gasteiger partial charge in [-0.15, -0.1) is 0 Å². The number of aryl methyl sites for hydroxylation is 1. The van der Waals surface area contributed by atoms with E-state index in [1.165, 1.54) is 0 Å². The fourth-order valence-electron chi connectivity index (χ4n) is 1.99. The number of H-pyrrole nitrogens is 1. The minimum atomic E-state index is -1.03. The van der Waals surface area contributed by atoms with Crippen molar-refractivity contribution in [3.63, 3.8) is 0 Å². The molecule has 1 atom stereocenters. The number of carboxylic acids is 1. The quantitative estimate of drug-likeness (QED) is 0.712. The van der Waals surface area contributed by atoms with Crippen LogP contribution in [0.2, 0.25) is 0 Å². The Labute approximate surface area is 122 Å². The molecule has 21 heavy (non-hydrogen) atoms. The highest BCUT2D eigenvalue weighted by atomic mass is 16.4. The van der Waals surface area contributed by atoms with Crippen LogP contribution in [0.5, 0.6) is 0 Å². The number of carbonyl (C=O) groups is 2. The van der Waals surface area contributed by atoms with E-state index in [2.05, 4.69) is 15.5 Å². The first-order chi connectivity index (χ1) is 10.1. The standard InChI is InChI=1S/C15H17N3O3/c19-14(7-6-12-9-16-17-10-12)18-13(15(20)21)8-11-4-2-1-3-5-11/h1-5,9-10,13H,6-8H2,(H,16,17)(H,18,19)(H,20,21)/t13-/m0/s1. The fraction of sp³-hybridized carbons (Fsp3) is 0.267. The van der Waals surface area contributed by atoms with Crippen LogP contribution in [0.15, 0.2) is 42.7 Å². The van der Waals surface area contributed by atoms with Crippen LogP contribution in [0.4, 0.5) is 0 Å². The average Bonchev–Trinajstić information content (AvgIpc) is 2.99. The number of nitrogens with zero attached hydrogens (tertiary/aromatic N) is 1. The maximum atomic E-state index is 11.8. The number of hydrogen-bond donors (Lipinski definition) is 3. The Morgan fingerprint density at radius 2 is 2.00 bits per heavy atom. The smallest absolute Gasteiger partial charge is 0.326 e. The first-order valence-electron chi connectivity index (χ1n) is 6.69. The summed E-state index contributed by atoms with van der Waals surface area (Å²) >= 11 is 0. The van der Waals surface area contributed by atoms with E-state index in [1.807, 2.05) is 30.3 Å². The van der Waals surface area contributed by atoms with Crippen molar-refractivity contribution in [3.8, 4) is 0 Å². The van der Waals surface area contributed by atoms with Gasteiger partial charge in [0, 0.05) is 19.0 Å². The molecule has 0 aliphatic heterocycles. The number of rotatable bonds is 7. The maximum absolute atomic E-state index is 11.8. The molecule has 1 amide bonds. The molecule has 0 aliphatic carbocycles. The van der Waals surface area contributed by atoms with Crippen molar-refractivity contribution in [2.45, 2.75) is 25.3 Å². The maximum Gasteiger partial charge on any atom is 0.326 e. The van der Waals surface area contributed by atoms with Gasteiger partial charge in [0.05, 0.1) is 6.20 Å². The Kier molecular flexibility index (Phi) is 5.09. The van der Waals surface area contributed by atoms with Gasteiger partial charge in [-0.1, -0.05) is 30.3 Å². The van der Waals surface area contributed by atoms with Crippen molar-refractivity contribution in [2.75, 3.05) is 0 Å². The van der Waals surface area contributed by atoms with Gasteiger partial charge in [-0.25, -0.2) is 4.79 Å². The molecule has 0 unspecified atom stereocenters. The molecular weight excluding hydrogens is 270 g/mol. The summed E-state index contributed by atoms with van der Waals surface area (Å²) < 4.78 is 0. The van der Waals surface area contributed by atoms with Crippen LogP contribution in [0, 0.1) is 0 Å². The van der Waals surface area contributed by atoms with Gasteiger partial charge >= 0.3 is 5.97 Å². The SMILES string of the molecule is O=C(CCc1cn[nH]c1)N[C@@H](Cc1ccccc1)C(=O)O. The van der Waals surface area contributed by atoms with E-state index >= 15 is 0 Å². The molecular formula is C15H17N3O3. The van der Waals surface area contributed by atoms with Gasteiger partial charge in [-0.3, -0.25) is 9.89 Å². The number of aliphatic carboxylic acids is 1. The molecule has 110 valence electrons. The lowest BCUT2D eigenvalue weighted by molar-refractivity contribution is -0.141. The Morgan fingerprint density at radius 1 is 1.24 bits per heavy atom. The summed E-state index contributed by atoms with van der Waals surface area (Å²) in [5, 5.41) is 18.2. The number of carboxylic acid groups (broad SMARTS) is 1. The van der Waals surface area contributed by atoms with E-state index in [4.69, 9.17) is 0 Å². The van der Waals surface area contributed by atoms with Crippen molar-refractivity contribution < 1.29 is 14.7 Å². The van der Waals surface area contributed by atoms with E-state index in [-0.39, 0.29) is 18.7 Å². The summed E-state index contributed by atoms with van der Waals surface area (Å²) in [6.07, 6.45) is 4.39. The molecule has 0 bridgehead atoms. The number of aromatic amines is 1. The fourth-order valence-corrected chi connectivity index (χ4v) is 1.99. The molecule has 1 aromatic carbocycles. The van der Waals surface area contributed by atoms with Crippen LogP contribution in [-0.4, -0.2) is 33.2 Å². The molecule has 0 saturated carbocycles. The molecule has 1 aromatic heterocycles. The third-order valence-electron chi connectivity index (χ3n) is 3.11. The zero-order chi connectivity index (χ0) is 15.1. The lowest BCUT2D eigenvalue weighted by Crippen LogP contribution is -2.42. The summed E-state index contributed by atoms with van der Waals surface area (Å²) in [5.41, 5.74) is 1.79. The highest BCUT2D eigenvalue weighted by Gasteiger charge is 2.20. The van der Waals surface area contributed by atoms with Crippen LogP contribution in [0.3, 0.4) is 0 Å². The van der Waals surface area contributed by atoms with Gasteiger partial charge in [-0.05, 0) is 17.5 Å². The lowest BCUT2D eigenvalue weighted by atomic mass is 10.1. The lowest BCUT2D eigenvalue weighted by Gasteiger charge is -2.14. The van der Waals surface area contributed by atoms with Crippen molar-refractivity contribution in [3.05, 3.63) is 53.9 Å². The molecule has 0 spiro atoms. The zero-order valence-electron chi connectivity index (χ0n) is 11.5. The minimum absolute atomic E-state index is 0.234. The number of amides is 1. The summed E-state index contributed by atoms with van der Waals surface area (Å²) in [5.74, 6) is -1.31. The zero-order valence-corrected chi connectivity index (χ0v) is 11.5. The van der Waals surface area contributed by atoms with Gasteiger partial charge in [0.15, 0.2) is 0 Å². The predicted molar refractivity (Wildman–Crippen MR) is 76.6 cm³/mol. The molecule has 3 N–H and O–H groups in total. The second kappa shape index (κ2) is 7.23. The number of aromatic nitrogens is 2. The van der Waals surface area contributed by atoms with E-state index in [0.29, 0.717) is 6.42 Å². The van der Waals surface area contributed by atoms with E-state index < -0.39 is 12.0 Å². The summed E-state index contributed by atoms with van der Waals surface area (Å²) in [4.78, 5) is 23.1. The molecule has 0 aliphatic rings. The highest BCUT2D eigenvalue weighted by molar-refractivity contribution is 5.83. The number of benzene rings is 1. The van der Waals surface area contributed by atoms with E-state index in [0.717, 1.165) is 11.1 Å². The molecule has 0 saturated heterocycles. The van der Waals surface area contributed by atoms with Crippen molar-refractivity contribution in [1.82, 2.24) is 15.5 Å². The molecule has 6 heteroatoms. The minimum Gasteiger partial charge on any atom is -0.480 e. The van der Waals surface area contributed by atoms with Gasteiger partial charge < -0.3 is 10.4 Å². The van der Waals surface area contributed by atoms with E-state index in [9.17, 15) is 14.7 Å². The van der Waals surface area contributed by atoms with Crippen molar-refractivity contribution in [1.29, 1.82) is 0 Å². The second-order valence-electron chi connectivity index (χ2n) is 4.75. The summed E-state index contributed by atoms with van der Waals surface area (Å²) in [7, 11) is 0. The summed E-state index contributed by atoms with van der Waals surface area (Å²) in [6, 6.07) is 8.32. The number of nitrogens with one attached hydrogen (secondary N) is 2. The van der Waals surface area contributed by atoms with Gasteiger partial charge in [0.25, 0.3) is 0 Å². The van der Waals surface area contributed by atoms with Gasteiger partial charge in [0.2, 0.25) is 5.91 Å². The van der Waals surface area contributed by atoms with E-state index in [1.54, 1.807) is 12.4 Å². The third-order valence-corrected chi connectivity index (χ3v) is 3.11. The Hall–Kier alpha value is -2.63. The Morgan fingerprint density at radius 3 is 2.62 bits per heavy atom. The largest absolute Gasteiger partial charge is 0.480 e. The summed E-state index contributed by atoms with van der Waals surface area (Å²) in [6.45, 7) is 0. The predicted octanol–water partition coefficient (Wildman–Crippen LogP) is 1.15. The molecule has 2 rings (SSSR count). The molecule has 1 heterocycles. The normalized spacial score (nSPS) is 11.8. The molecule has 0 fully saturated rings. The van der Waals surface area contributed by atoms with Crippen LogP contribution < -0.4 is 5.32 Å². The van der Waals surface area contributed by atoms with Gasteiger partial charge in [-0.2, -0.15) is 5.10 Å². The molecule has 6 nitrogen and oxygen atoms in total. The van der Waals surface area contributed by atoms with Crippen LogP contribution in [0.25, 0.3) is 0 Å².